The van der Waals surface area contributed by atoms with Crippen LogP contribution in [0.1, 0.15) is 37.0 Å². The van der Waals surface area contributed by atoms with Gasteiger partial charge >= 0.3 is 6.18 Å². The van der Waals surface area contributed by atoms with Crippen molar-refractivity contribution in [3.8, 4) is 5.75 Å². The highest BCUT2D eigenvalue weighted by molar-refractivity contribution is 6.32. The van der Waals surface area contributed by atoms with Gasteiger partial charge in [-0.2, -0.15) is 13.2 Å². The van der Waals surface area contributed by atoms with Gasteiger partial charge in [0.15, 0.2) is 11.4 Å². The molecule has 1 atom stereocenters. The van der Waals surface area contributed by atoms with Crippen molar-refractivity contribution in [2.45, 2.75) is 44.5 Å². The third-order valence-corrected chi connectivity index (χ3v) is 5.49. The highest BCUT2D eigenvalue weighted by Crippen LogP contribution is 2.29. The molecule has 192 valence electrons. The minimum Gasteiger partial charge on any atom is -0.476 e. The molecule has 1 unspecified atom stereocenters. The number of benzene rings is 1. The van der Waals surface area contributed by atoms with Crippen LogP contribution in [0.4, 0.5) is 23.4 Å². The van der Waals surface area contributed by atoms with E-state index in [0.717, 1.165) is 12.3 Å². The number of carbonyl (C=O) groups is 2. The smallest absolute Gasteiger partial charge is 0.405 e. The Labute approximate surface area is 209 Å². The Morgan fingerprint density at radius 2 is 1.94 bits per heavy atom. The van der Waals surface area contributed by atoms with Crippen LogP contribution in [0.25, 0.3) is 0 Å². The van der Waals surface area contributed by atoms with E-state index in [9.17, 15) is 27.2 Å². The van der Waals surface area contributed by atoms with Gasteiger partial charge in [0.2, 0.25) is 0 Å². The molecule has 7 nitrogen and oxygen atoms in total. The van der Waals surface area contributed by atoms with E-state index in [2.05, 4.69) is 21.9 Å². The Bertz CT molecular complexity index is 1200. The maximum atomic E-state index is 13.3. The average molecular weight is 527 g/mol. The Morgan fingerprint density at radius 3 is 2.56 bits per heavy atom. The number of carbonyl (C=O) groups excluding carboxylic acids is 2. The lowest BCUT2D eigenvalue weighted by Crippen LogP contribution is -2.49. The Morgan fingerprint density at radius 1 is 1.22 bits per heavy atom. The van der Waals surface area contributed by atoms with Gasteiger partial charge < -0.3 is 15.4 Å². The first-order valence-corrected chi connectivity index (χ1v) is 11.1. The standard InChI is InChI=1S/C24H23ClF4N4O3/c1-13-8-16(32-22(35)23(2,3)36-19-6-5-15(26)9-17(19)25)10-18(13)33-20-7-4-14(11-30-20)21(34)31-12-24(27,28)29/h4-7,9,11,16H,1,8,10,12H2,2-3H3,(H,31,34)(H,32,35). The van der Waals surface area contributed by atoms with E-state index in [4.69, 9.17) is 16.3 Å². The number of ether oxygens (including phenoxy) is 1. The first kappa shape index (κ1) is 27.1. The van der Waals surface area contributed by atoms with E-state index in [0.29, 0.717) is 24.1 Å². The fourth-order valence-corrected chi connectivity index (χ4v) is 3.54. The van der Waals surface area contributed by atoms with Gasteiger partial charge in [0.1, 0.15) is 18.1 Å². The van der Waals surface area contributed by atoms with Crippen molar-refractivity contribution in [1.29, 1.82) is 0 Å². The zero-order valence-electron chi connectivity index (χ0n) is 19.4. The molecule has 1 fully saturated rings. The number of amides is 2. The number of aliphatic imine (C=N–C) groups is 1. The van der Waals surface area contributed by atoms with Crippen LogP contribution in [0.3, 0.4) is 0 Å². The number of nitrogens with one attached hydrogen (secondary N) is 2. The quantitative estimate of drug-likeness (QED) is 0.500. The van der Waals surface area contributed by atoms with Crippen molar-refractivity contribution < 1.29 is 31.9 Å². The van der Waals surface area contributed by atoms with Gasteiger partial charge in [-0.1, -0.05) is 18.2 Å². The largest absolute Gasteiger partial charge is 0.476 e. The second-order valence-corrected chi connectivity index (χ2v) is 9.04. The van der Waals surface area contributed by atoms with Crippen molar-refractivity contribution >= 4 is 34.9 Å². The summed E-state index contributed by atoms with van der Waals surface area (Å²) in [5.41, 5.74) is -0.0916. The summed E-state index contributed by atoms with van der Waals surface area (Å²) in [4.78, 5) is 33.0. The van der Waals surface area contributed by atoms with Crippen molar-refractivity contribution in [2.75, 3.05) is 6.54 Å². The molecule has 1 aromatic heterocycles. The van der Waals surface area contributed by atoms with E-state index in [-0.39, 0.29) is 28.2 Å². The predicted molar refractivity (Wildman–Crippen MR) is 126 cm³/mol. The van der Waals surface area contributed by atoms with Crippen LogP contribution in [0.15, 0.2) is 53.7 Å². The molecule has 3 rings (SSSR count). The summed E-state index contributed by atoms with van der Waals surface area (Å²) in [5.74, 6) is -1.45. The lowest BCUT2D eigenvalue weighted by molar-refractivity contribution is -0.134. The minimum absolute atomic E-state index is 0.0379. The summed E-state index contributed by atoms with van der Waals surface area (Å²) in [6.45, 7) is 5.63. The van der Waals surface area contributed by atoms with Crippen LogP contribution in [0.2, 0.25) is 5.02 Å². The van der Waals surface area contributed by atoms with E-state index in [1.54, 1.807) is 19.2 Å². The number of aromatic nitrogens is 1. The third kappa shape index (κ3) is 7.27. The Balaban J connectivity index is 1.60. The van der Waals surface area contributed by atoms with Gasteiger partial charge in [0, 0.05) is 24.4 Å². The minimum atomic E-state index is -4.51. The number of pyridine rings is 1. The molecule has 0 radical (unpaired) electrons. The molecule has 1 aliphatic rings. The number of alkyl halides is 3. The Hall–Kier alpha value is -3.47. The van der Waals surface area contributed by atoms with Crippen LogP contribution in [0, 0.1) is 5.82 Å². The molecule has 2 aromatic rings. The van der Waals surface area contributed by atoms with Gasteiger partial charge in [-0.3, -0.25) is 9.59 Å². The fourth-order valence-electron chi connectivity index (χ4n) is 3.34. The molecule has 1 aliphatic carbocycles. The number of halogens is 5. The highest BCUT2D eigenvalue weighted by Gasteiger charge is 2.35. The molecular weight excluding hydrogens is 504 g/mol. The van der Waals surface area contributed by atoms with Crippen molar-refractivity contribution in [2.24, 2.45) is 4.99 Å². The number of nitrogens with zero attached hydrogens (tertiary/aromatic N) is 2. The van der Waals surface area contributed by atoms with Gasteiger partial charge in [-0.25, -0.2) is 14.4 Å². The zero-order valence-corrected chi connectivity index (χ0v) is 20.1. The molecule has 0 saturated heterocycles. The fraction of sp³-hybridized carbons (Fsp3) is 0.333. The van der Waals surface area contributed by atoms with Crippen LogP contribution >= 0.6 is 11.6 Å². The third-order valence-electron chi connectivity index (χ3n) is 5.19. The summed E-state index contributed by atoms with van der Waals surface area (Å²) in [6, 6.07) is 6.00. The average Bonchev–Trinajstić information content (AvgIpc) is 3.12. The maximum absolute atomic E-state index is 13.3. The van der Waals surface area contributed by atoms with Crippen LogP contribution in [-0.2, 0) is 4.79 Å². The van der Waals surface area contributed by atoms with Crippen LogP contribution in [0.5, 0.6) is 5.75 Å². The molecule has 0 spiro atoms. The number of hydrogen-bond donors (Lipinski definition) is 2. The van der Waals surface area contributed by atoms with Gasteiger partial charge in [-0.05, 0) is 56.2 Å². The van der Waals surface area contributed by atoms with Crippen LogP contribution in [-0.4, -0.2) is 46.9 Å². The summed E-state index contributed by atoms with van der Waals surface area (Å²) in [7, 11) is 0. The van der Waals surface area contributed by atoms with Crippen molar-refractivity contribution in [3.63, 3.8) is 0 Å². The predicted octanol–water partition coefficient (Wildman–Crippen LogP) is 4.93. The zero-order chi connectivity index (χ0) is 26.7. The lowest BCUT2D eigenvalue weighted by atomic mass is 10.1. The summed E-state index contributed by atoms with van der Waals surface area (Å²) in [5, 5.41) is 4.68. The second-order valence-electron chi connectivity index (χ2n) is 8.63. The Kier molecular flexibility index (Phi) is 8.02. The van der Waals surface area contributed by atoms with Gasteiger partial charge in [0.25, 0.3) is 11.8 Å². The summed E-state index contributed by atoms with van der Waals surface area (Å²) in [6.07, 6.45) is -2.61. The van der Waals surface area contributed by atoms with E-state index in [1.807, 2.05) is 0 Å². The molecule has 36 heavy (non-hydrogen) atoms. The SMILES string of the molecule is C=C1CC(NC(=O)C(C)(C)Oc2ccc(F)cc2Cl)CC1=Nc1ccc(C(=O)NCC(F)(F)F)cn1. The molecule has 2 amide bonds. The summed E-state index contributed by atoms with van der Waals surface area (Å²) < 4.78 is 55.7. The lowest BCUT2D eigenvalue weighted by Gasteiger charge is -2.27. The van der Waals surface area contributed by atoms with Gasteiger partial charge in [0.05, 0.1) is 10.6 Å². The van der Waals surface area contributed by atoms with E-state index >= 15 is 0 Å². The molecule has 1 aromatic carbocycles. The number of rotatable bonds is 7. The van der Waals surface area contributed by atoms with Gasteiger partial charge in [-0.15, -0.1) is 0 Å². The number of hydrogen-bond acceptors (Lipinski definition) is 5. The summed E-state index contributed by atoms with van der Waals surface area (Å²) >= 11 is 5.99. The molecule has 1 heterocycles. The first-order valence-electron chi connectivity index (χ1n) is 10.8. The van der Waals surface area contributed by atoms with E-state index < -0.39 is 36.0 Å². The normalized spacial score (nSPS) is 17.2. The highest BCUT2D eigenvalue weighted by atomic mass is 35.5. The second kappa shape index (κ2) is 10.7. The molecule has 0 bridgehead atoms. The first-order chi connectivity index (χ1) is 16.7. The monoisotopic (exact) mass is 526 g/mol. The molecule has 0 aliphatic heterocycles. The maximum Gasteiger partial charge on any atom is 0.405 e. The molecule has 12 heteroatoms. The van der Waals surface area contributed by atoms with Crippen LogP contribution < -0.4 is 15.4 Å². The molecule has 1 saturated carbocycles. The van der Waals surface area contributed by atoms with Crippen molar-refractivity contribution in [3.05, 3.63) is 65.1 Å². The molecular formula is C24H23ClF4N4O3. The molecule has 2 N–H and O–H groups in total. The topological polar surface area (TPSA) is 92.7 Å². The van der Waals surface area contributed by atoms with E-state index in [1.165, 1.54) is 24.3 Å². The van der Waals surface area contributed by atoms with Crippen molar-refractivity contribution in [1.82, 2.24) is 15.6 Å².